The molecule has 0 amide bonds. The maximum Gasteiger partial charge on any atom is 0.0486 e. The Morgan fingerprint density at radius 3 is 2.58 bits per heavy atom. The Balaban J connectivity index is 1.54. The molecule has 2 aromatic rings. The third kappa shape index (κ3) is 4.67. The Labute approximate surface area is 152 Å². The summed E-state index contributed by atoms with van der Waals surface area (Å²) in [6.07, 6.45) is 1.07. The van der Waals surface area contributed by atoms with Gasteiger partial charge in [0.15, 0.2) is 0 Å². The van der Waals surface area contributed by atoms with Gasteiger partial charge in [-0.15, -0.1) is 0 Å². The summed E-state index contributed by atoms with van der Waals surface area (Å²) in [6.45, 7) is 4.05. The van der Waals surface area contributed by atoms with Crippen LogP contribution < -0.4 is 5.32 Å². The molecule has 24 heavy (non-hydrogen) atoms. The lowest BCUT2D eigenvalue weighted by Crippen LogP contribution is -2.50. The van der Waals surface area contributed by atoms with Crippen molar-refractivity contribution in [3.63, 3.8) is 0 Å². The van der Waals surface area contributed by atoms with E-state index < -0.39 is 0 Å². The van der Waals surface area contributed by atoms with Gasteiger partial charge in [-0.05, 0) is 30.2 Å². The molecule has 3 nitrogen and oxygen atoms in total. The maximum absolute atomic E-state index is 9.82. The van der Waals surface area contributed by atoms with Crippen molar-refractivity contribution in [1.29, 1.82) is 0 Å². The Kier molecular flexibility index (Phi) is 6.44. The van der Waals surface area contributed by atoms with Crippen molar-refractivity contribution in [3.05, 3.63) is 70.2 Å². The Morgan fingerprint density at radius 2 is 1.83 bits per heavy atom. The fourth-order valence-electron chi connectivity index (χ4n) is 3.43. The number of benzene rings is 2. The molecule has 0 bridgehead atoms. The van der Waals surface area contributed by atoms with E-state index in [4.69, 9.17) is 0 Å². The highest BCUT2D eigenvalue weighted by Crippen LogP contribution is 2.21. The zero-order chi connectivity index (χ0) is 16.8. The van der Waals surface area contributed by atoms with Crippen LogP contribution in [0.5, 0.6) is 0 Å². The molecule has 2 aromatic carbocycles. The molecule has 2 N–H and O–H groups in total. The Morgan fingerprint density at radius 1 is 1.08 bits per heavy atom. The van der Waals surface area contributed by atoms with Gasteiger partial charge in [0.05, 0.1) is 0 Å². The van der Waals surface area contributed by atoms with Crippen molar-refractivity contribution in [2.24, 2.45) is 5.92 Å². The molecular weight excluding hydrogens is 364 g/mol. The first-order valence-electron chi connectivity index (χ1n) is 8.60. The van der Waals surface area contributed by atoms with Crippen LogP contribution in [0.4, 0.5) is 0 Å². The average molecular weight is 389 g/mol. The van der Waals surface area contributed by atoms with E-state index in [0.717, 1.165) is 37.1 Å². The standard InChI is InChI=1S/C20H25BrN2O/c21-19-9-5-4-8-17(19)12-22-20-10-11-23(14-18(20)15-24)13-16-6-2-1-3-7-16/h1-9,18,20,22,24H,10-15H2/t18-,20-/m1/s1. The first kappa shape index (κ1) is 17.6. The van der Waals surface area contributed by atoms with Gasteiger partial charge in [-0.2, -0.15) is 0 Å². The Bertz CT molecular complexity index is 635. The average Bonchev–Trinajstić information content (AvgIpc) is 2.62. The summed E-state index contributed by atoms with van der Waals surface area (Å²) in [5.74, 6) is 0.282. The molecule has 0 aliphatic carbocycles. The lowest BCUT2D eigenvalue weighted by atomic mass is 9.92. The minimum Gasteiger partial charge on any atom is -0.396 e. The summed E-state index contributed by atoms with van der Waals surface area (Å²) < 4.78 is 1.14. The predicted octanol–water partition coefficient (Wildman–Crippen LogP) is 3.42. The van der Waals surface area contributed by atoms with Crippen molar-refractivity contribution >= 4 is 15.9 Å². The van der Waals surface area contributed by atoms with Crippen LogP contribution in [0.3, 0.4) is 0 Å². The Hall–Kier alpha value is -1.20. The summed E-state index contributed by atoms with van der Waals surface area (Å²) in [7, 11) is 0. The lowest BCUT2D eigenvalue weighted by Gasteiger charge is -2.38. The molecule has 1 aliphatic heterocycles. The maximum atomic E-state index is 9.82. The number of hydrogen-bond donors (Lipinski definition) is 2. The van der Waals surface area contributed by atoms with Gasteiger partial charge in [-0.1, -0.05) is 64.5 Å². The zero-order valence-corrected chi connectivity index (χ0v) is 15.5. The van der Waals surface area contributed by atoms with Crippen molar-refractivity contribution < 1.29 is 5.11 Å². The molecule has 3 rings (SSSR count). The number of halogens is 1. The molecule has 2 atom stereocenters. The molecule has 0 unspecified atom stereocenters. The molecule has 4 heteroatoms. The van der Waals surface area contributed by atoms with Gasteiger partial charge < -0.3 is 10.4 Å². The van der Waals surface area contributed by atoms with E-state index in [1.54, 1.807) is 0 Å². The summed E-state index contributed by atoms with van der Waals surface area (Å²) in [5.41, 5.74) is 2.61. The van der Waals surface area contributed by atoms with Crippen LogP contribution in [-0.4, -0.2) is 35.7 Å². The molecule has 0 spiro atoms. The van der Waals surface area contributed by atoms with Gasteiger partial charge in [0.25, 0.3) is 0 Å². The first-order chi connectivity index (χ1) is 11.8. The van der Waals surface area contributed by atoms with E-state index in [2.05, 4.69) is 74.7 Å². The smallest absolute Gasteiger partial charge is 0.0486 e. The van der Waals surface area contributed by atoms with E-state index >= 15 is 0 Å². The highest BCUT2D eigenvalue weighted by Gasteiger charge is 2.28. The summed E-state index contributed by atoms with van der Waals surface area (Å²) in [4.78, 5) is 2.45. The number of nitrogens with one attached hydrogen (secondary N) is 1. The zero-order valence-electron chi connectivity index (χ0n) is 13.9. The fourth-order valence-corrected chi connectivity index (χ4v) is 3.85. The van der Waals surface area contributed by atoms with Crippen LogP contribution in [0.1, 0.15) is 17.5 Å². The van der Waals surface area contributed by atoms with Gasteiger partial charge in [-0.25, -0.2) is 0 Å². The number of aliphatic hydroxyl groups is 1. The molecule has 128 valence electrons. The van der Waals surface area contributed by atoms with Crippen molar-refractivity contribution in [2.45, 2.75) is 25.6 Å². The van der Waals surface area contributed by atoms with E-state index in [-0.39, 0.29) is 12.5 Å². The second kappa shape index (κ2) is 8.77. The lowest BCUT2D eigenvalue weighted by molar-refractivity contribution is 0.0849. The van der Waals surface area contributed by atoms with E-state index in [0.29, 0.717) is 6.04 Å². The van der Waals surface area contributed by atoms with Gasteiger partial charge >= 0.3 is 0 Å². The van der Waals surface area contributed by atoms with Gasteiger partial charge in [-0.3, -0.25) is 4.90 Å². The highest BCUT2D eigenvalue weighted by molar-refractivity contribution is 9.10. The SMILES string of the molecule is OC[C@H]1CN(Cc2ccccc2)CC[C@H]1NCc1ccccc1Br. The topological polar surface area (TPSA) is 35.5 Å². The number of rotatable bonds is 6. The largest absolute Gasteiger partial charge is 0.396 e. The second-order valence-electron chi connectivity index (χ2n) is 6.53. The number of hydrogen-bond acceptors (Lipinski definition) is 3. The second-order valence-corrected chi connectivity index (χ2v) is 7.39. The normalized spacial score (nSPS) is 21.8. The monoisotopic (exact) mass is 388 g/mol. The molecule has 1 heterocycles. The molecule has 1 aliphatic rings. The molecule has 0 radical (unpaired) electrons. The van der Waals surface area contributed by atoms with Crippen LogP contribution in [0, 0.1) is 5.92 Å². The van der Waals surface area contributed by atoms with Crippen molar-refractivity contribution in [2.75, 3.05) is 19.7 Å². The minimum atomic E-state index is 0.235. The molecule has 0 saturated carbocycles. The van der Waals surface area contributed by atoms with Crippen LogP contribution in [-0.2, 0) is 13.1 Å². The fraction of sp³-hybridized carbons (Fsp3) is 0.400. The third-order valence-corrected chi connectivity index (χ3v) is 5.59. The van der Waals surface area contributed by atoms with E-state index in [1.165, 1.54) is 11.1 Å². The van der Waals surface area contributed by atoms with E-state index in [1.807, 2.05) is 6.07 Å². The third-order valence-electron chi connectivity index (χ3n) is 4.81. The van der Waals surface area contributed by atoms with Crippen molar-refractivity contribution in [1.82, 2.24) is 10.2 Å². The number of likely N-dealkylation sites (tertiary alicyclic amines) is 1. The van der Waals surface area contributed by atoms with Gasteiger partial charge in [0, 0.05) is 42.7 Å². The van der Waals surface area contributed by atoms with E-state index in [9.17, 15) is 5.11 Å². The predicted molar refractivity (Wildman–Crippen MR) is 102 cm³/mol. The van der Waals surface area contributed by atoms with Crippen LogP contribution in [0.2, 0.25) is 0 Å². The number of piperidine rings is 1. The molecule has 0 aromatic heterocycles. The number of aliphatic hydroxyl groups excluding tert-OH is 1. The molecule has 1 fully saturated rings. The first-order valence-corrected chi connectivity index (χ1v) is 9.39. The summed E-state index contributed by atoms with van der Waals surface area (Å²) >= 11 is 3.60. The van der Waals surface area contributed by atoms with Gasteiger partial charge in [0.1, 0.15) is 0 Å². The molecular formula is C20H25BrN2O. The molecule has 1 saturated heterocycles. The van der Waals surface area contributed by atoms with Crippen molar-refractivity contribution in [3.8, 4) is 0 Å². The number of nitrogens with zero attached hydrogens (tertiary/aromatic N) is 1. The van der Waals surface area contributed by atoms with Crippen LogP contribution in [0.15, 0.2) is 59.1 Å². The minimum absolute atomic E-state index is 0.235. The van der Waals surface area contributed by atoms with Crippen LogP contribution >= 0.6 is 15.9 Å². The van der Waals surface area contributed by atoms with Gasteiger partial charge in [0.2, 0.25) is 0 Å². The quantitative estimate of drug-likeness (QED) is 0.795. The highest BCUT2D eigenvalue weighted by atomic mass is 79.9. The summed E-state index contributed by atoms with van der Waals surface area (Å²) in [5, 5.41) is 13.5. The van der Waals surface area contributed by atoms with Crippen LogP contribution in [0.25, 0.3) is 0 Å². The summed E-state index contributed by atoms with van der Waals surface area (Å²) in [6, 6.07) is 19.2.